The first-order valence-electron chi connectivity index (χ1n) is 7.88. The van der Waals surface area contributed by atoms with Crippen LogP contribution in [0.5, 0.6) is 0 Å². The average Bonchev–Trinajstić information content (AvgIpc) is 2.53. The van der Waals surface area contributed by atoms with Gasteiger partial charge in [-0.15, -0.1) is 5.11 Å². The number of hydrazine groups is 1. The number of anilines is 1. The van der Waals surface area contributed by atoms with Crippen molar-refractivity contribution < 1.29 is 9.53 Å². The normalized spacial score (nSPS) is 18.7. The van der Waals surface area contributed by atoms with Crippen LogP contribution in [-0.2, 0) is 4.74 Å². The van der Waals surface area contributed by atoms with Crippen LogP contribution in [0.3, 0.4) is 0 Å². The molecule has 0 aliphatic carbocycles. The molecule has 1 aliphatic rings. The number of hydrogen-bond donors (Lipinski definition) is 2. The van der Waals surface area contributed by atoms with Gasteiger partial charge in [0.25, 0.3) is 0 Å². The molecule has 1 aromatic rings. The third kappa shape index (κ3) is 4.54. The van der Waals surface area contributed by atoms with Crippen LogP contribution in [0, 0.1) is 0 Å². The van der Waals surface area contributed by atoms with Crippen molar-refractivity contribution in [1.29, 1.82) is 0 Å². The minimum absolute atomic E-state index is 0.0674. The molecule has 1 aromatic heterocycles. The standard InChI is InChI=1S/C15H25N7O2/c1-15(2,3)24-14(23)21-8-4-5-11(10-21)22(17)13-9-18-7-6-12(13)19-20-16/h6-7,9,11H,4-5,8,10,17H2,1-3H3,(H2,16,18,19). The van der Waals surface area contributed by atoms with E-state index >= 15 is 0 Å². The SMILES string of the molecule is CC(C)(C)OC(=O)N1CCCC(N(N)c2cnccc2N=NN)C1. The summed E-state index contributed by atoms with van der Waals surface area (Å²) in [6.45, 7) is 6.67. The fourth-order valence-electron chi connectivity index (χ4n) is 2.60. The highest BCUT2D eigenvalue weighted by Gasteiger charge is 2.30. The van der Waals surface area contributed by atoms with Crippen molar-refractivity contribution in [3.63, 3.8) is 0 Å². The maximum Gasteiger partial charge on any atom is 0.410 e. The molecule has 1 aliphatic heterocycles. The molecule has 0 bridgehead atoms. The summed E-state index contributed by atoms with van der Waals surface area (Å²) < 4.78 is 5.44. The number of likely N-dealkylation sites (tertiary alicyclic amines) is 1. The summed E-state index contributed by atoms with van der Waals surface area (Å²) >= 11 is 0. The van der Waals surface area contributed by atoms with E-state index in [1.165, 1.54) is 0 Å². The van der Waals surface area contributed by atoms with Crippen LogP contribution in [0.25, 0.3) is 0 Å². The van der Waals surface area contributed by atoms with E-state index in [0.29, 0.717) is 24.5 Å². The molecular weight excluding hydrogens is 310 g/mol. The van der Waals surface area contributed by atoms with Gasteiger partial charge in [-0.05, 0) is 39.7 Å². The second-order valence-electron chi connectivity index (χ2n) is 6.71. The van der Waals surface area contributed by atoms with E-state index < -0.39 is 5.60 Å². The third-order valence-corrected chi connectivity index (χ3v) is 3.66. The Morgan fingerprint density at radius 1 is 1.50 bits per heavy atom. The van der Waals surface area contributed by atoms with Gasteiger partial charge in [0, 0.05) is 19.3 Å². The Kier molecular flexibility index (Phi) is 5.55. The first-order valence-corrected chi connectivity index (χ1v) is 7.88. The fraction of sp³-hybridized carbons (Fsp3) is 0.600. The van der Waals surface area contributed by atoms with Crippen LogP contribution in [0.1, 0.15) is 33.6 Å². The van der Waals surface area contributed by atoms with Crippen molar-refractivity contribution >= 4 is 17.5 Å². The number of nitrogens with zero attached hydrogens (tertiary/aromatic N) is 5. The number of aromatic nitrogens is 1. The fourth-order valence-corrected chi connectivity index (χ4v) is 2.60. The van der Waals surface area contributed by atoms with Gasteiger partial charge in [-0.1, -0.05) is 5.22 Å². The summed E-state index contributed by atoms with van der Waals surface area (Å²) in [5.41, 5.74) is 0.622. The van der Waals surface area contributed by atoms with Gasteiger partial charge in [0.05, 0.1) is 17.9 Å². The van der Waals surface area contributed by atoms with E-state index in [1.54, 1.807) is 28.4 Å². The molecule has 0 radical (unpaired) electrons. The van der Waals surface area contributed by atoms with E-state index in [9.17, 15) is 4.79 Å². The molecule has 1 fully saturated rings. The van der Waals surface area contributed by atoms with E-state index in [4.69, 9.17) is 16.4 Å². The second kappa shape index (κ2) is 7.43. The summed E-state index contributed by atoms with van der Waals surface area (Å²) in [6, 6.07) is 1.61. The molecule has 1 amide bonds. The minimum atomic E-state index is -0.523. The van der Waals surface area contributed by atoms with Crippen LogP contribution in [-0.4, -0.2) is 40.7 Å². The molecule has 1 saturated heterocycles. The van der Waals surface area contributed by atoms with Gasteiger partial charge in [0.15, 0.2) is 0 Å². The third-order valence-electron chi connectivity index (χ3n) is 3.66. The van der Waals surface area contributed by atoms with Gasteiger partial charge in [-0.3, -0.25) is 4.98 Å². The van der Waals surface area contributed by atoms with E-state index in [1.807, 2.05) is 20.8 Å². The van der Waals surface area contributed by atoms with Gasteiger partial charge < -0.3 is 20.5 Å². The highest BCUT2D eigenvalue weighted by atomic mass is 16.6. The Morgan fingerprint density at radius 3 is 2.92 bits per heavy atom. The number of carbonyl (C=O) groups is 1. The average molecular weight is 335 g/mol. The number of hydrogen-bond acceptors (Lipinski definition) is 7. The van der Waals surface area contributed by atoms with Crippen molar-refractivity contribution in [3.05, 3.63) is 18.5 Å². The number of amides is 1. The smallest absolute Gasteiger partial charge is 0.410 e. The lowest BCUT2D eigenvalue weighted by atomic mass is 10.1. The van der Waals surface area contributed by atoms with Crippen LogP contribution in [0.2, 0.25) is 0 Å². The Balaban J connectivity index is 2.10. The highest BCUT2D eigenvalue weighted by molar-refractivity contribution is 5.69. The Labute approximate surface area is 141 Å². The zero-order valence-electron chi connectivity index (χ0n) is 14.3. The molecule has 9 heteroatoms. The molecule has 4 N–H and O–H groups in total. The zero-order valence-corrected chi connectivity index (χ0v) is 14.3. The molecule has 9 nitrogen and oxygen atoms in total. The van der Waals surface area contributed by atoms with Gasteiger partial charge in [0.1, 0.15) is 11.3 Å². The molecule has 2 heterocycles. The van der Waals surface area contributed by atoms with Crippen LogP contribution < -0.4 is 16.7 Å². The first kappa shape index (κ1) is 17.9. The van der Waals surface area contributed by atoms with Gasteiger partial charge in [0.2, 0.25) is 0 Å². The molecular formula is C15H25N7O2. The lowest BCUT2D eigenvalue weighted by molar-refractivity contribution is 0.0198. The van der Waals surface area contributed by atoms with Crippen molar-refractivity contribution in [2.45, 2.75) is 45.3 Å². The van der Waals surface area contributed by atoms with Crippen LogP contribution in [0.4, 0.5) is 16.2 Å². The van der Waals surface area contributed by atoms with Crippen molar-refractivity contribution in [3.8, 4) is 0 Å². The highest BCUT2D eigenvalue weighted by Crippen LogP contribution is 2.29. The van der Waals surface area contributed by atoms with Crippen molar-refractivity contribution in [1.82, 2.24) is 9.88 Å². The first-order chi connectivity index (χ1) is 11.3. The van der Waals surface area contributed by atoms with Crippen molar-refractivity contribution in [2.24, 2.45) is 22.0 Å². The number of rotatable bonds is 3. The summed E-state index contributed by atoms with van der Waals surface area (Å²) in [6.07, 6.45) is 4.56. The Bertz CT molecular complexity index is 600. The molecule has 1 atom stereocenters. The summed E-state index contributed by atoms with van der Waals surface area (Å²) in [4.78, 5) is 18.0. The zero-order chi connectivity index (χ0) is 17.7. The maximum absolute atomic E-state index is 12.3. The lowest BCUT2D eigenvalue weighted by Crippen LogP contribution is -2.53. The second-order valence-corrected chi connectivity index (χ2v) is 6.71. The minimum Gasteiger partial charge on any atom is -0.444 e. The summed E-state index contributed by atoms with van der Waals surface area (Å²) in [7, 11) is 0. The van der Waals surface area contributed by atoms with Gasteiger partial charge in [-0.2, -0.15) is 0 Å². The predicted molar refractivity (Wildman–Crippen MR) is 90.4 cm³/mol. The van der Waals surface area contributed by atoms with Crippen LogP contribution in [0.15, 0.2) is 28.8 Å². The lowest BCUT2D eigenvalue weighted by Gasteiger charge is -2.38. The van der Waals surface area contributed by atoms with Gasteiger partial charge in [-0.25, -0.2) is 10.6 Å². The summed E-state index contributed by atoms with van der Waals surface area (Å²) in [5.74, 6) is 11.4. The molecule has 0 aromatic carbocycles. The quantitative estimate of drug-likeness (QED) is 0.495. The maximum atomic E-state index is 12.3. The van der Waals surface area contributed by atoms with Gasteiger partial charge >= 0.3 is 6.09 Å². The van der Waals surface area contributed by atoms with Crippen LogP contribution >= 0.6 is 0 Å². The van der Waals surface area contributed by atoms with E-state index in [2.05, 4.69) is 15.3 Å². The Hall–Kier alpha value is -2.42. The molecule has 0 saturated carbocycles. The molecule has 2 rings (SSSR count). The molecule has 0 spiro atoms. The predicted octanol–water partition coefficient (Wildman–Crippen LogP) is 2.12. The number of pyridine rings is 1. The number of ether oxygens (including phenoxy) is 1. The topological polar surface area (TPSA) is 122 Å². The number of nitrogens with two attached hydrogens (primary N) is 2. The monoisotopic (exact) mass is 335 g/mol. The number of carbonyl (C=O) groups excluding carboxylic acids is 1. The van der Waals surface area contributed by atoms with E-state index in [-0.39, 0.29) is 12.1 Å². The van der Waals surface area contributed by atoms with E-state index in [0.717, 1.165) is 12.8 Å². The summed E-state index contributed by atoms with van der Waals surface area (Å²) in [5, 5.41) is 8.75. The largest absolute Gasteiger partial charge is 0.444 e. The Morgan fingerprint density at radius 2 is 2.25 bits per heavy atom. The molecule has 132 valence electrons. The van der Waals surface area contributed by atoms with Crippen molar-refractivity contribution in [2.75, 3.05) is 18.1 Å². The number of piperidine rings is 1. The molecule has 24 heavy (non-hydrogen) atoms. The molecule has 1 unspecified atom stereocenters.